The molecule has 0 amide bonds. The van der Waals surface area contributed by atoms with Crippen LogP contribution in [0.5, 0.6) is 11.5 Å². The molecule has 4 aromatic rings. The zero-order valence-corrected chi connectivity index (χ0v) is 19.4. The fourth-order valence-electron chi connectivity index (χ4n) is 4.20. The maximum Gasteiger partial charge on any atom is 0.573 e. The summed E-state index contributed by atoms with van der Waals surface area (Å²) in [6.07, 6.45) is -4.67. The van der Waals surface area contributed by atoms with E-state index in [1.54, 1.807) is 60.0 Å². The fraction of sp³-hybridized carbons (Fsp3) is 0.185. The molecule has 0 unspecified atom stereocenters. The van der Waals surface area contributed by atoms with Crippen LogP contribution < -0.4 is 9.47 Å². The molecule has 1 heterocycles. The Morgan fingerprint density at radius 3 is 2.31 bits per heavy atom. The maximum atomic E-state index is 13.6. The number of aliphatic carboxylic acids is 1. The number of ketones is 1. The predicted molar refractivity (Wildman–Crippen MR) is 127 cm³/mol. The number of carbonyl (C=O) groups excluding carboxylic acids is 1. The largest absolute Gasteiger partial charge is 0.573 e. The number of rotatable bonds is 8. The van der Waals surface area contributed by atoms with Crippen molar-refractivity contribution in [1.29, 1.82) is 0 Å². The molecule has 186 valence electrons. The third-order valence-corrected chi connectivity index (χ3v) is 5.79. The van der Waals surface area contributed by atoms with E-state index in [0.717, 1.165) is 5.56 Å². The van der Waals surface area contributed by atoms with Crippen LogP contribution in [-0.4, -0.2) is 34.9 Å². The zero-order valence-electron chi connectivity index (χ0n) is 19.4. The number of carbonyl (C=O) groups is 2. The minimum absolute atomic E-state index is 0.0698. The van der Waals surface area contributed by atoms with Crippen molar-refractivity contribution in [3.8, 4) is 17.2 Å². The van der Waals surface area contributed by atoms with E-state index in [2.05, 4.69) is 4.74 Å². The molecule has 0 spiro atoms. The number of ether oxygens (including phenoxy) is 2. The highest BCUT2D eigenvalue weighted by molar-refractivity contribution is 6.18. The molecule has 6 nitrogen and oxygen atoms in total. The van der Waals surface area contributed by atoms with Gasteiger partial charge >= 0.3 is 12.3 Å². The smallest absolute Gasteiger partial charge is 0.497 e. The number of hydrogen-bond acceptors (Lipinski definition) is 4. The summed E-state index contributed by atoms with van der Waals surface area (Å²) in [6, 6.07) is 17.4. The Hall–Kier alpha value is -4.27. The Morgan fingerprint density at radius 2 is 1.67 bits per heavy atom. The van der Waals surface area contributed by atoms with Gasteiger partial charge in [0.1, 0.15) is 11.5 Å². The van der Waals surface area contributed by atoms with Crippen LogP contribution in [0.2, 0.25) is 0 Å². The predicted octanol–water partition coefficient (Wildman–Crippen LogP) is 6.09. The van der Waals surface area contributed by atoms with E-state index >= 15 is 0 Å². The second-order valence-corrected chi connectivity index (χ2v) is 8.14. The van der Waals surface area contributed by atoms with E-state index in [1.165, 1.54) is 25.3 Å². The molecule has 1 aromatic heterocycles. The number of hydrogen-bond donors (Lipinski definition) is 1. The number of benzene rings is 3. The van der Waals surface area contributed by atoms with Crippen molar-refractivity contribution < 1.29 is 37.3 Å². The van der Waals surface area contributed by atoms with Crippen LogP contribution in [0.3, 0.4) is 0 Å². The average Bonchev–Trinajstić information content (AvgIpc) is 3.12. The number of alkyl halides is 3. The summed E-state index contributed by atoms with van der Waals surface area (Å²) >= 11 is 0. The lowest BCUT2D eigenvalue weighted by Crippen LogP contribution is -2.17. The molecule has 0 aliphatic rings. The van der Waals surface area contributed by atoms with Gasteiger partial charge in [0.05, 0.1) is 18.2 Å². The number of halogens is 3. The number of carboxylic acid groups (broad SMARTS) is 1. The number of nitrogens with zero attached hydrogens (tertiary/aromatic N) is 1. The van der Waals surface area contributed by atoms with Crippen LogP contribution in [0.1, 0.15) is 33.6 Å². The molecule has 4 rings (SSSR count). The van der Waals surface area contributed by atoms with Gasteiger partial charge in [-0.1, -0.05) is 12.1 Å². The third kappa shape index (κ3) is 5.19. The van der Waals surface area contributed by atoms with Gasteiger partial charge in [-0.15, -0.1) is 13.2 Å². The first-order valence-corrected chi connectivity index (χ1v) is 11.0. The molecule has 0 fully saturated rings. The topological polar surface area (TPSA) is 77.8 Å². The Bertz CT molecular complexity index is 1440. The lowest BCUT2D eigenvalue weighted by molar-refractivity contribution is -0.274. The molecular formula is C27H22F3NO5. The normalized spacial score (nSPS) is 11.5. The van der Waals surface area contributed by atoms with E-state index in [0.29, 0.717) is 39.2 Å². The number of carboxylic acids is 1. The summed E-state index contributed by atoms with van der Waals surface area (Å²) in [5, 5.41) is 9.48. The highest BCUT2D eigenvalue weighted by Crippen LogP contribution is 2.35. The number of aryl methyl sites for hydroxylation is 1. The van der Waals surface area contributed by atoms with Gasteiger partial charge in [-0.2, -0.15) is 0 Å². The Morgan fingerprint density at radius 1 is 0.972 bits per heavy atom. The lowest BCUT2D eigenvalue weighted by atomic mass is 10.0. The van der Waals surface area contributed by atoms with Gasteiger partial charge in [-0.3, -0.25) is 9.59 Å². The van der Waals surface area contributed by atoms with E-state index in [4.69, 9.17) is 9.84 Å². The summed E-state index contributed by atoms with van der Waals surface area (Å²) in [4.78, 5) is 24.6. The summed E-state index contributed by atoms with van der Waals surface area (Å²) in [7, 11) is 1.51. The van der Waals surface area contributed by atoms with Gasteiger partial charge in [0, 0.05) is 34.8 Å². The molecule has 0 radical (unpaired) electrons. The first-order chi connectivity index (χ1) is 17.1. The van der Waals surface area contributed by atoms with Crippen LogP contribution in [0, 0.1) is 6.92 Å². The Balaban J connectivity index is 1.90. The molecule has 0 aliphatic heterocycles. The molecule has 0 bridgehead atoms. The van der Waals surface area contributed by atoms with Crippen molar-refractivity contribution in [1.82, 2.24) is 4.57 Å². The first-order valence-electron chi connectivity index (χ1n) is 11.0. The van der Waals surface area contributed by atoms with Crippen LogP contribution in [0.25, 0.3) is 16.6 Å². The SMILES string of the molecule is COc1ccc(C(=O)c2c(C)n(-c3cccc(CCC(=O)O)c3)c3cc(OC(F)(F)F)ccc23)cc1. The van der Waals surface area contributed by atoms with Gasteiger partial charge in [0.15, 0.2) is 5.78 Å². The van der Waals surface area contributed by atoms with Crippen molar-refractivity contribution in [2.45, 2.75) is 26.1 Å². The first kappa shape index (κ1) is 24.8. The standard InChI is InChI=1S/C27H22F3NO5/c1-16-25(26(34)18-7-9-20(35-2)10-8-18)22-12-11-21(36-27(28,29)30)15-23(22)31(16)19-5-3-4-17(14-19)6-13-24(32)33/h3-5,7-12,14-15H,6,13H2,1-2H3,(H,32,33). The van der Waals surface area contributed by atoms with E-state index in [9.17, 15) is 22.8 Å². The summed E-state index contributed by atoms with van der Waals surface area (Å²) in [5.41, 5.74) is 2.92. The van der Waals surface area contributed by atoms with E-state index < -0.39 is 18.1 Å². The molecule has 0 atom stereocenters. The molecule has 3 aromatic carbocycles. The Labute approximate surface area is 204 Å². The van der Waals surface area contributed by atoms with Crippen molar-refractivity contribution >= 4 is 22.7 Å². The molecule has 0 aliphatic carbocycles. The third-order valence-electron chi connectivity index (χ3n) is 5.79. The maximum absolute atomic E-state index is 13.6. The second kappa shape index (κ2) is 9.77. The van der Waals surface area contributed by atoms with E-state index in [1.807, 2.05) is 0 Å². The zero-order chi connectivity index (χ0) is 26.0. The molecule has 0 saturated heterocycles. The van der Waals surface area contributed by atoms with Crippen molar-refractivity contribution in [2.75, 3.05) is 7.11 Å². The van der Waals surface area contributed by atoms with Crippen molar-refractivity contribution in [2.24, 2.45) is 0 Å². The average molecular weight is 497 g/mol. The van der Waals surface area contributed by atoms with E-state index in [-0.39, 0.29) is 18.6 Å². The minimum atomic E-state index is -4.88. The quantitative estimate of drug-likeness (QED) is 0.298. The molecule has 36 heavy (non-hydrogen) atoms. The van der Waals surface area contributed by atoms with Gasteiger partial charge in [0.25, 0.3) is 0 Å². The number of aromatic nitrogens is 1. The monoisotopic (exact) mass is 497 g/mol. The molecular weight excluding hydrogens is 475 g/mol. The highest BCUT2D eigenvalue weighted by atomic mass is 19.4. The Kier molecular flexibility index (Phi) is 6.74. The second-order valence-electron chi connectivity index (χ2n) is 8.14. The summed E-state index contributed by atoms with van der Waals surface area (Å²) in [6.45, 7) is 1.71. The number of methoxy groups -OCH3 is 1. The molecule has 0 saturated carbocycles. The highest BCUT2D eigenvalue weighted by Gasteiger charge is 2.32. The van der Waals surface area contributed by atoms with Gasteiger partial charge < -0.3 is 19.1 Å². The minimum Gasteiger partial charge on any atom is -0.497 e. The van der Waals surface area contributed by atoms with Crippen molar-refractivity contribution in [3.05, 3.63) is 89.1 Å². The summed E-state index contributed by atoms with van der Waals surface area (Å²) in [5.74, 6) is -1.08. The van der Waals surface area contributed by atoms with Crippen LogP contribution >= 0.6 is 0 Å². The van der Waals surface area contributed by atoms with Crippen LogP contribution in [-0.2, 0) is 11.2 Å². The van der Waals surface area contributed by atoms with Crippen LogP contribution in [0.15, 0.2) is 66.7 Å². The van der Waals surface area contributed by atoms with Crippen molar-refractivity contribution in [3.63, 3.8) is 0 Å². The van der Waals surface area contributed by atoms with Gasteiger partial charge in [-0.25, -0.2) is 0 Å². The molecule has 1 N–H and O–H groups in total. The van der Waals surface area contributed by atoms with Crippen LogP contribution in [0.4, 0.5) is 13.2 Å². The molecule has 9 heteroatoms. The van der Waals surface area contributed by atoms with Gasteiger partial charge in [-0.05, 0) is 67.4 Å². The van der Waals surface area contributed by atoms with Gasteiger partial charge in [0.2, 0.25) is 0 Å². The number of fused-ring (bicyclic) bond motifs is 1. The fourth-order valence-corrected chi connectivity index (χ4v) is 4.20. The summed E-state index contributed by atoms with van der Waals surface area (Å²) < 4.78 is 49.7. The lowest BCUT2D eigenvalue weighted by Gasteiger charge is -2.12.